The van der Waals surface area contributed by atoms with Crippen molar-refractivity contribution in [3.8, 4) is 0 Å². The van der Waals surface area contributed by atoms with E-state index in [1.807, 2.05) is 0 Å². The lowest BCUT2D eigenvalue weighted by molar-refractivity contribution is 0.252. The molecule has 4 N–H and O–H groups in total. The van der Waals surface area contributed by atoms with E-state index in [0.29, 0.717) is 6.54 Å². The molecule has 0 radical (unpaired) electrons. The van der Waals surface area contributed by atoms with Crippen molar-refractivity contribution >= 4 is 0 Å². The van der Waals surface area contributed by atoms with E-state index in [2.05, 4.69) is 5.32 Å². The maximum absolute atomic E-state index is 8.38. The van der Waals surface area contributed by atoms with Gasteiger partial charge in [0.15, 0.2) is 0 Å². The zero-order chi connectivity index (χ0) is 5.70. The summed E-state index contributed by atoms with van der Waals surface area (Å²) >= 11 is 0. The van der Waals surface area contributed by atoms with Gasteiger partial charge < -0.3 is 16.2 Å². The van der Waals surface area contributed by atoms with Crippen LogP contribution in [0.4, 0.5) is 0 Å². The van der Waals surface area contributed by atoms with E-state index in [0.717, 1.165) is 0 Å². The summed E-state index contributed by atoms with van der Waals surface area (Å²) in [6, 6.07) is 0.0694. The Morgan fingerprint density at radius 1 is 1.86 bits per heavy atom. The Morgan fingerprint density at radius 3 is 2.43 bits per heavy atom. The van der Waals surface area contributed by atoms with E-state index in [1.54, 1.807) is 7.05 Å². The minimum atomic E-state index is 0.0694. The highest BCUT2D eigenvalue weighted by Gasteiger charge is 1.96. The Morgan fingerprint density at radius 2 is 2.43 bits per heavy atom. The highest BCUT2D eigenvalue weighted by Crippen LogP contribution is 1.70. The van der Waals surface area contributed by atoms with Gasteiger partial charge in [-0.2, -0.15) is 0 Å². The number of hydrogen-bond donors (Lipinski definition) is 3. The van der Waals surface area contributed by atoms with E-state index in [1.165, 1.54) is 0 Å². The molecule has 44 valence electrons. The fourth-order valence-corrected chi connectivity index (χ4v) is 0.284. The normalized spacial score (nSPS) is 14.1. The second kappa shape index (κ2) is 4.05. The minimum absolute atomic E-state index is 0.0694. The van der Waals surface area contributed by atoms with Crippen molar-refractivity contribution in [1.29, 1.82) is 0 Å². The molecule has 0 spiro atoms. The van der Waals surface area contributed by atoms with Gasteiger partial charge in [0.25, 0.3) is 0 Å². The van der Waals surface area contributed by atoms with Crippen molar-refractivity contribution in [3.63, 3.8) is 0 Å². The third-order valence-corrected chi connectivity index (χ3v) is 0.913. The first-order chi connectivity index (χ1) is 3.35. The molecule has 0 rings (SSSR count). The van der Waals surface area contributed by atoms with Crippen molar-refractivity contribution < 1.29 is 5.11 Å². The molecule has 0 saturated heterocycles. The summed E-state index contributed by atoms with van der Waals surface area (Å²) in [5, 5.41) is 11.2. The Kier molecular flexibility index (Phi) is 3.98. The molecule has 0 aliphatic heterocycles. The second-order valence-corrected chi connectivity index (χ2v) is 1.40. The zero-order valence-electron chi connectivity index (χ0n) is 4.52. The maximum Gasteiger partial charge on any atom is 0.0596 e. The van der Waals surface area contributed by atoms with Gasteiger partial charge in [-0.05, 0) is 7.05 Å². The Labute approximate surface area is 43.5 Å². The summed E-state index contributed by atoms with van der Waals surface area (Å²) in [7, 11) is 1.77. The Hall–Kier alpha value is -0.120. The van der Waals surface area contributed by atoms with Crippen LogP contribution in [0.15, 0.2) is 0 Å². The fourth-order valence-electron chi connectivity index (χ4n) is 0.284. The van der Waals surface area contributed by atoms with Gasteiger partial charge in [0.2, 0.25) is 0 Å². The van der Waals surface area contributed by atoms with Gasteiger partial charge in [-0.1, -0.05) is 0 Å². The lowest BCUT2D eigenvalue weighted by atomic mass is 10.3. The summed E-state index contributed by atoms with van der Waals surface area (Å²) in [6.45, 7) is 0.611. The molecular weight excluding hydrogens is 92.1 g/mol. The quantitative estimate of drug-likeness (QED) is 0.409. The summed E-state index contributed by atoms with van der Waals surface area (Å²) in [6.07, 6.45) is 0. The van der Waals surface area contributed by atoms with Crippen LogP contribution < -0.4 is 11.1 Å². The van der Waals surface area contributed by atoms with Crippen molar-refractivity contribution in [1.82, 2.24) is 5.32 Å². The van der Waals surface area contributed by atoms with Crippen LogP contribution in [0.1, 0.15) is 0 Å². The molecule has 0 heterocycles. The third-order valence-electron chi connectivity index (χ3n) is 0.913. The molecule has 0 aromatic carbocycles. The van der Waals surface area contributed by atoms with E-state index in [-0.39, 0.29) is 12.6 Å². The van der Waals surface area contributed by atoms with Gasteiger partial charge in [-0.3, -0.25) is 0 Å². The molecule has 0 amide bonds. The van der Waals surface area contributed by atoms with Gasteiger partial charge >= 0.3 is 0 Å². The summed E-state index contributed by atoms with van der Waals surface area (Å²) in [5.41, 5.74) is 5.17. The van der Waals surface area contributed by atoms with Gasteiger partial charge in [0.05, 0.1) is 6.61 Å². The zero-order valence-corrected chi connectivity index (χ0v) is 4.52. The van der Waals surface area contributed by atoms with Crippen molar-refractivity contribution in [3.05, 3.63) is 0 Å². The number of rotatable bonds is 3. The first kappa shape index (κ1) is 6.88. The van der Waals surface area contributed by atoms with E-state index in [4.69, 9.17) is 10.8 Å². The van der Waals surface area contributed by atoms with Crippen LogP contribution in [0.3, 0.4) is 0 Å². The molecule has 3 heteroatoms. The van der Waals surface area contributed by atoms with Gasteiger partial charge in [0, 0.05) is 12.6 Å². The van der Waals surface area contributed by atoms with Crippen LogP contribution in [0.25, 0.3) is 0 Å². The van der Waals surface area contributed by atoms with Crippen LogP contribution in [0.5, 0.6) is 0 Å². The molecule has 0 aliphatic carbocycles. The molecule has 0 saturated carbocycles. The lowest BCUT2D eigenvalue weighted by Crippen LogP contribution is -2.36. The molecule has 7 heavy (non-hydrogen) atoms. The first-order valence-corrected chi connectivity index (χ1v) is 2.33. The van der Waals surface area contributed by atoms with Crippen molar-refractivity contribution in [2.75, 3.05) is 20.2 Å². The fraction of sp³-hybridized carbons (Fsp3) is 1.00. The predicted molar refractivity (Wildman–Crippen MR) is 29.0 cm³/mol. The summed E-state index contributed by atoms with van der Waals surface area (Å²) < 4.78 is 0. The molecule has 0 aliphatic rings. The van der Waals surface area contributed by atoms with E-state index < -0.39 is 0 Å². The highest BCUT2D eigenvalue weighted by atomic mass is 16.3. The van der Waals surface area contributed by atoms with Gasteiger partial charge in [-0.25, -0.2) is 0 Å². The topological polar surface area (TPSA) is 58.3 Å². The molecule has 3 nitrogen and oxygen atoms in total. The van der Waals surface area contributed by atoms with Gasteiger partial charge in [0.1, 0.15) is 0 Å². The van der Waals surface area contributed by atoms with Crippen LogP contribution in [-0.2, 0) is 0 Å². The number of nitrogens with one attached hydrogen (secondary N) is 1. The minimum Gasteiger partial charge on any atom is -0.395 e. The largest absolute Gasteiger partial charge is 0.395 e. The Bertz CT molecular complexity index is 31.2. The average Bonchev–Trinajstić information content (AvgIpc) is 1.72. The van der Waals surface area contributed by atoms with E-state index >= 15 is 0 Å². The third kappa shape index (κ3) is 2.56. The number of nitrogens with two attached hydrogens (primary N) is 1. The predicted octanol–water partition coefficient (Wildman–Crippen LogP) is -1.47. The Balaban J connectivity index is 2.99. The van der Waals surface area contributed by atoms with Gasteiger partial charge in [-0.15, -0.1) is 0 Å². The summed E-state index contributed by atoms with van der Waals surface area (Å²) in [4.78, 5) is 0. The van der Waals surface area contributed by atoms with Crippen LogP contribution in [0, 0.1) is 0 Å². The second-order valence-electron chi connectivity index (χ2n) is 1.40. The highest BCUT2D eigenvalue weighted by molar-refractivity contribution is 4.60. The number of aliphatic hydroxyl groups is 1. The molecule has 0 aromatic heterocycles. The molecule has 1 atom stereocenters. The van der Waals surface area contributed by atoms with Crippen molar-refractivity contribution in [2.24, 2.45) is 5.73 Å². The molecule has 0 aromatic rings. The standard InChI is InChI=1S/C4H12N2O/c1-6-4(2-5)3-7/h4,6-7H,2-3,5H2,1H3/t4-/m1/s1. The number of likely N-dealkylation sites (N-methyl/N-ethyl adjacent to an activating group) is 1. The van der Waals surface area contributed by atoms with E-state index in [9.17, 15) is 0 Å². The first-order valence-electron chi connectivity index (χ1n) is 2.33. The van der Waals surface area contributed by atoms with Crippen LogP contribution >= 0.6 is 0 Å². The SMILES string of the molecule is CN[C@H](CN)CO. The lowest BCUT2D eigenvalue weighted by Gasteiger charge is -2.07. The molecule has 0 fully saturated rings. The smallest absolute Gasteiger partial charge is 0.0596 e. The maximum atomic E-state index is 8.38. The number of hydrogen-bond acceptors (Lipinski definition) is 3. The molecule has 0 bridgehead atoms. The van der Waals surface area contributed by atoms with Crippen LogP contribution in [0.2, 0.25) is 0 Å². The molecular formula is C4H12N2O. The van der Waals surface area contributed by atoms with Crippen molar-refractivity contribution in [2.45, 2.75) is 6.04 Å². The monoisotopic (exact) mass is 104 g/mol. The van der Waals surface area contributed by atoms with Crippen LogP contribution in [-0.4, -0.2) is 31.3 Å². The number of aliphatic hydroxyl groups excluding tert-OH is 1. The summed E-state index contributed by atoms with van der Waals surface area (Å²) in [5.74, 6) is 0. The molecule has 0 unspecified atom stereocenters. The average molecular weight is 104 g/mol.